The van der Waals surface area contributed by atoms with Gasteiger partial charge in [0.2, 0.25) is 17.7 Å². The summed E-state index contributed by atoms with van der Waals surface area (Å²) in [4.78, 5) is 52.8. The van der Waals surface area contributed by atoms with Gasteiger partial charge in [-0.15, -0.1) is 21.5 Å². The first kappa shape index (κ1) is 48.8. The predicted molar refractivity (Wildman–Crippen MR) is 256 cm³/mol. The lowest BCUT2D eigenvalue weighted by Crippen LogP contribution is -2.57. The molecule has 4 aliphatic heterocycles. The number of rotatable bonds is 11. The number of likely N-dealkylation sites (tertiary alicyclic amines) is 3. The first-order chi connectivity index (χ1) is 32.5. The van der Waals surface area contributed by atoms with Crippen molar-refractivity contribution in [2.45, 2.75) is 123 Å². The summed E-state index contributed by atoms with van der Waals surface area (Å²) in [6.45, 7) is 14.8. The number of aromatic nitrogens is 4. The quantitative estimate of drug-likeness (QED) is 0.146. The average molecular weight is 953 g/mol. The molecule has 0 aliphatic carbocycles. The number of thiazole rings is 1. The zero-order chi connectivity index (χ0) is 48.2. The molecule has 8 rings (SSSR count). The highest BCUT2D eigenvalue weighted by molar-refractivity contribution is 7.13. The number of benzene rings is 2. The smallest absolute Gasteiger partial charge is 0.359 e. The van der Waals surface area contributed by atoms with Crippen LogP contribution in [0.3, 0.4) is 0 Å². The number of amides is 3. The molecule has 3 saturated heterocycles. The van der Waals surface area contributed by atoms with Gasteiger partial charge in [-0.1, -0.05) is 75.9 Å². The van der Waals surface area contributed by atoms with Crippen LogP contribution in [0.1, 0.15) is 119 Å². The number of nitrogens with one attached hydrogen (secondary N) is 2. The number of fused-ring (bicyclic) bond motifs is 1. The van der Waals surface area contributed by atoms with E-state index in [9.17, 15) is 27.6 Å². The molecular formula is C51H63F3N10O3S. The first-order valence-electron chi connectivity index (χ1n) is 24.0. The van der Waals surface area contributed by atoms with Crippen LogP contribution >= 0.6 is 11.3 Å². The summed E-state index contributed by atoms with van der Waals surface area (Å²) < 4.78 is 41.1. The molecule has 0 bridgehead atoms. The molecule has 6 heterocycles. The molecule has 3 atom stereocenters. The van der Waals surface area contributed by atoms with E-state index in [1.54, 1.807) is 16.2 Å². The fraction of sp³-hybridized carbons (Fsp3) is 0.549. The van der Waals surface area contributed by atoms with Crippen LogP contribution in [0, 0.1) is 36.0 Å². The van der Waals surface area contributed by atoms with Crippen molar-refractivity contribution in [2.75, 3.05) is 39.3 Å². The van der Waals surface area contributed by atoms with E-state index in [-0.39, 0.29) is 29.5 Å². The van der Waals surface area contributed by atoms with Crippen molar-refractivity contribution in [3.05, 3.63) is 88.1 Å². The Morgan fingerprint density at radius 2 is 1.65 bits per heavy atom. The number of alkyl halides is 3. The average Bonchev–Trinajstić information content (AvgIpc) is 4.07. The van der Waals surface area contributed by atoms with Gasteiger partial charge in [-0.05, 0) is 111 Å². The second-order valence-electron chi connectivity index (χ2n) is 20.0. The van der Waals surface area contributed by atoms with Crippen molar-refractivity contribution in [2.24, 2.45) is 22.4 Å². The number of nitrogens with zero attached hydrogens (tertiary/aromatic N) is 8. The molecule has 0 spiro atoms. The van der Waals surface area contributed by atoms with Crippen molar-refractivity contribution in [1.82, 2.24) is 45.2 Å². The van der Waals surface area contributed by atoms with Crippen LogP contribution in [0.5, 0.6) is 0 Å². The van der Waals surface area contributed by atoms with Crippen LogP contribution in [0.15, 0.2) is 59.1 Å². The number of halogens is 3. The van der Waals surface area contributed by atoms with Crippen molar-refractivity contribution < 1.29 is 27.6 Å². The summed E-state index contributed by atoms with van der Waals surface area (Å²) in [5.41, 5.74) is 6.56. The van der Waals surface area contributed by atoms with Crippen molar-refractivity contribution in [3.8, 4) is 22.3 Å². The highest BCUT2D eigenvalue weighted by atomic mass is 32.1. The summed E-state index contributed by atoms with van der Waals surface area (Å²) in [6, 6.07) is 15.2. The molecule has 4 aromatic rings. The molecule has 4 aliphatic rings. The third-order valence-corrected chi connectivity index (χ3v) is 14.8. The summed E-state index contributed by atoms with van der Waals surface area (Å²) in [6.07, 6.45) is 1.57. The normalized spacial score (nSPS) is 20.0. The number of hydrogen-bond acceptors (Lipinski definition) is 10. The molecule has 2 aromatic heterocycles. The Labute approximate surface area is 401 Å². The van der Waals surface area contributed by atoms with Gasteiger partial charge in [0.15, 0.2) is 5.82 Å². The Morgan fingerprint density at radius 1 is 0.926 bits per heavy atom. The van der Waals surface area contributed by atoms with E-state index in [0.717, 1.165) is 90.3 Å². The third-order valence-electron chi connectivity index (χ3n) is 13.8. The molecule has 17 heteroatoms. The number of aryl methyl sites for hydroxylation is 2. The lowest BCUT2D eigenvalue weighted by atomic mass is 9.85. The maximum atomic E-state index is 14.2. The molecule has 2 aromatic carbocycles. The SMILES string of the molecule is Cc1ncsc1-c1ccc(CNC(=O)[C@@H]2CC(C)CN2C(=O)[C@@H](NC(=O)CCCN2CCC(C#Cc3ccc(C4CCN(C5=Nn6c(nnc6C(F)(F)F)CC5)CC4)cc3)CC2)C(C)(C)C)cc1. The predicted octanol–water partition coefficient (Wildman–Crippen LogP) is 7.64. The Balaban J connectivity index is 0.747. The van der Waals surface area contributed by atoms with Crippen LogP contribution in [0.25, 0.3) is 10.4 Å². The molecule has 68 heavy (non-hydrogen) atoms. The van der Waals surface area contributed by atoms with Crippen LogP contribution in [-0.2, 0) is 33.5 Å². The molecule has 2 N–H and O–H groups in total. The van der Waals surface area contributed by atoms with E-state index >= 15 is 0 Å². The van der Waals surface area contributed by atoms with E-state index in [1.165, 1.54) is 5.56 Å². The molecule has 362 valence electrons. The minimum absolute atomic E-state index is 0.154. The number of amidine groups is 1. The second kappa shape index (κ2) is 21.0. The summed E-state index contributed by atoms with van der Waals surface area (Å²) in [5, 5.41) is 17.5. The largest absolute Gasteiger partial charge is 0.453 e. The lowest BCUT2D eigenvalue weighted by molar-refractivity contribution is -0.147. The van der Waals surface area contributed by atoms with Gasteiger partial charge in [0, 0.05) is 56.9 Å². The fourth-order valence-electron chi connectivity index (χ4n) is 9.86. The molecule has 1 unspecified atom stereocenters. The van der Waals surface area contributed by atoms with Crippen LogP contribution in [0.2, 0.25) is 0 Å². The number of carbonyl (C=O) groups excluding carboxylic acids is 3. The van der Waals surface area contributed by atoms with Gasteiger partial charge in [0.1, 0.15) is 17.9 Å². The molecule has 3 fully saturated rings. The Hall–Kier alpha value is -5.60. The van der Waals surface area contributed by atoms with Gasteiger partial charge < -0.3 is 25.3 Å². The van der Waals surface area contributed by atoms with Gasteiger partial charge in [0.25, 0.3) is 5.82 Å². The molecular weight excluding hydrogens is 890 g/mol. The van der Waals surface area contributed by atoms with E-state index in [1.807, 2.05) is 57.5 Å². The molecule has 0 saturated carbocycles. The monoisotopic (exact) mass is 952 g/mol. The topological polar surface area (TPSA) is 141 Å². The fourth-order valence-corrected chi connectivity index (χ4v) is 10.7. The third kappa shape index (κ3) is 11.8. The standard InChI is InChI=1S/C51H63F3N10O3S/c1-33-29-41(47(66)55-30-37-12-16-40(17-13-37)45-34(2)56-32-68-45)63(31-33)48(67)46(50(3,4)5)57-44(65)7-6-24-61-25-20-36(21-26-61)9-8-35-10-14-38(15-11-35)39-22-27-62(28-23-39)43-19-18-42-58-59-49(51(52,53)54)64(42)60-43/h10-17,32-33,36,39,41,46H,6-7,18-31H2,1-5H3,(H,55,66)(H,57,65)/t33?,41-,46+/m0/s1. The van der Waals surface area contributed by atoms with Crippen molar-refractivity contribution in [1.29, 1.82) is 0 Å². The van der Waals surface area contributed by atoms with Gasteiger partial charge >= 0.3 is 6.18 Å². The lowest BCUT2D eigenvalue weighted by Gasteiger charge is -2.35. The summed E-state index contributed by atoms with van der Waals surface area (Å²) in [5.74, 6) is 6.96. The maximum Gasteiger partial charge on any atom is 0.453 e. The maximum absolute atomic E-state index is 14.2. The minimum atomic E-state index is -4.60. The van der Waals surface area contributed by atoms with E-state index < -0.39 is 29.5 Å². The Kier molecular flexibility index (Phi) is 15.0. The van der Waals surface area contributed by atoms with Crippen molar-refractivity contribution >= 4 is 34.9 Å². The van der Waals surface area contributed by atoms with Crippen LogP contribution in [-0.4, -0.2) is 109 Å². The first-order valence-corrected chi connectivity index (χ1v) is 24.9. The van der Waals surface area contributed by atoms with E-state index in [0.29, 0.717) is 62.9 Å². The number of piperidine rings is 2. The zero-order valence-electron chi connectivity index (χ0n) is 39.7. The minimum Gasteiger partial charge on any atom is -0.359 e. The highest BCUT2D eigenvalue weighted by Gasteiger charge is 2.44. The van der Waals surface area contributed by atoms with Gasteiger partial charge in [-0.3, -0.25) is 14.4 Å². The van der Waals surface area contributed by atoms with Gasteiger partial charge in [-0.2, -0.15) is 22.9 Å². The molecule has 13 nitrogen and oxygen atoms in total. The van der Waals surface area contributed by atoms with Crippen LogP contribution in [0.4, 0.5) is 13.2 Å². The highest BCUT2D eigenvalue weighted by Crippen LogP contribution is 2.33. The molecule has 0 radical (unpaired) electrons. The Bertz CT molecular complexity index is 2500. The zero-order valence-corrected chi connectivity index (χ0v) is 40.6. The number of carbonyl (C=O) groups is 3. The van der Waals surface area contributed by atoms with Crippen LogP contribution < -0.4 is 10.6 Å². The summed E-state index contributed by atoms with van der Waals surface area (Å²) in [7, 11) is 0. The van der Waals surface area contributed by atoms with Gasteiger partial charge in [0.05, 0.1) is 16.1 Å². The van der Waals surface area contributed by atoms with E-state index in [2.05, 4.69) is 83.7 Å². The Morgan fingerprint density at radius 3 is 2.31 bits per heavy atom. The second-order valence-corrected chi connectivity index (χ2v) is 20.9. The van der Waals surface area contributed by atoms with Crippen molar-refractivity contribution in [3.63, 3.8) is 0 Å². The summed E-state index contributed by atoms with van der Waals surface area (Å²) >= 11 is 1.60. The van der Waals surface area contributed by atoms with E-state index in [4.69, 9.17) is 0 Å². The van der Waals surface area contributed by atoms with Gasteiger partial charge in [-0.25, -0.2) is 4.98 Å². The molecule has 3 amide bonds. The number of hydrogen-bond donors (Lipinski definition) is 2.